The minimum atomic E-state index is -0.486. The molecule has 6 heteroatoms. The molecule has 0 unspecified atom stereocenters. The van der Waals surface area contributed by atoms with Crippen LogP contribution in [0.3, 0.4) is 0 Å². The highest BCUT2D eigenvalue weighted by atomic mass is 35.5. The Morgan fingerprint density at radius 2 is 1.81 bits per heavy atom. The number of carbonyl (C=O) groups is 1. The van der Waals surface area contributed by atoms with Crippen LogP contribution < -0.4 is 10.1 Å². The molecule has 0 saturated heterocycles. The van der Waals surface area contributed by atoms with Crippen molar-refractivity contribution >= 4 is 35.0 Å². The lowest BCUT2D eigenvalue weighted by molar-refractivity contribution is 0.187. The van der Waals surface area contributed by atoms with Crippen LogP contribution in [0, 0.1) is 0 Å². The van der Waals surface area contributed by atoms with E-state index in [1.54, 1.807) is 12.1 Å². The zero-order valence-electron chi connectivity index (χ0n) is 12.1. The summed E-state index contributed by atoms with van der Waals surface area (Å²) in [6.45, 7) is 0.676. The van der Waals surface area contributed by atoms with Crippen molar-refractivity contribution in [2.45, 2.75) is 36.9 Å². The summed E-state index contributed by atoms with van der Waals surface area (Å²) in [7, 11) is 1.33. The molecule has 0 bridgehead atoms. The van der Waals surface area contributed by atoms with Crippen LogP contribution in [-0.2, 0) is 4.74 Å². The summed E-state index contributed by atoms with van der Waals surface area (Å²) in [5.41, 5.74) is 0.672. The quantitative estimate of drug-likeness (QED) is 0.511. The van der Waals surface area contributed by atoms with Gasteiger partial charge in [-0.15, -0.1) is 23.2 Å². The molecule has 0 fully saturated rings. The minimum Gasteiger partial charge on any atom is -0.494 e. The maximum Gasteiger partial charge on any atom is 0.411 e. The Bertz CT molecular complexity index is 410. The third kappa shape index (κ3) is 8.68. The van der Waals surface area contributed by atoms with Crippen molar-refractivity contribution in [2.24, 2.45) is 0 Å². The van der Waals surface area contributed by atoms with Gasteiger partial charge in [0.2, 0.25) is 0 Å². The normalized spacial score (nSPS) is 10.5. The summed E-state index contributed by atoms with van der Waals surface area (Å²) in [6, 6.07) is 7.17. The van der Waals surface area contributed by atoms with E-state index in [-0.39, 0.29) is 4.84 Å². The van der Waals surface area contributed by atoms with Crippen molar-refractivity contribution in [2.75, 3.05) is 19.0 Å². The number of halogens is 2. The fourth-order valence-electron chi connectivity index (χ4n) is 1.75. The fourth-order valence-corrected chi connectivity index (χ4v) is 2.06. The molecule has 1 rings (SSSR count). The summed E-state index contributed by atoms with van der Waals surface area (Å²) >= 11 is 11.3. The molecule has 21 heavy (non-hydrogen) atoms. The van der Waals surface area contributed by atoms with Crippen LogP contribution in [0.2, 0.25) is 0 Å². The zero-order valence-corrected chi connectivity index (χ0v) is 13.6. The molecule has 0 spiro atoms. The van der Waals surface area contributed by atoms with Gasteiger partial charge in [-0.1, -0.05) is 19.3 Å². The molecule has 1 amide bonds. The topological polar surface area (TPSA) is 47.6 Å². The molecule has 1 aromatic carbocycles. The van der Waals surface area contributed by atoms with Crippen LogP contribution in [0.1, 0.15) is 32.1 Å². The summed E-state index contributed by atoms with van der Waals surface area (Å²) in [6.07, 6.45) is 4.62. The van der Waals surface area contributed by atoms with Crippen molar-refractivity contribution < 1.29 is 14.3 Å². The third-order valence-corrected chi connectivity index (χ3v) is 3.31. The number of hydrogen-bond acceptors (Lipinski definition) is 3. The number of nitrogens with one attached hydrogen (secondary N) is 1. The van der Waals surface area contributed by atoms with Gasteiger partial charge >= 0.3 is 6.09 Å². The lowest BCUT2D eigenvalue weighted by atomic mass is 10.2. The second-order valence-corrected chi connectivity index (χ2v) is 5.86. The van der Waals surface area contributed by atoms with E-state index in [1.807, 2.05) is 12.1 Å². The first kappa shape index (κ1) is 17.9. The van der Waals surface area contributed by atoms with Crippen molar-refractivity contribution in [3.8, 4) is 5.75 Å². The Kier molecular flexibility index (Phi) is 9.02. The molecular formula is C15H21Cl2NO3. The second-order valence-electron chi connectivity index (χ2n) is 4.58. The van der Waals surface area contributed by atoms with E-state index >= 15 is 0 Å². The van der Waals surface area contributed by atoms with Gasteiger partial charge in [-0.3, -0.25) is 5.32 Å². The highest BCUT2D eigenvalue weighted by Gasteiger charge is 2.01. The number of amides is 1. The lowest BCUT2D eigenvalue weighted by Gasteiger charge is -2.08. The number of carbonyl (C=O) groups excluding carboxylic acids is 1. The molecule has 0 aliphatic rings. The highest BCUT2D eigenvalue weighted by molar-refractivity contribution is 6.44. The SMILES string of the molecule is COC(=O)Nc1ccc(OCCCCCCC(Cl)Cl)cc1. The fraction of sp³-hybridized carbons (Fsp3) is 0.533. The Hall–Kier alpha value is -1.13. The maximum absolute atomic E-state index is 11.0. The molecular weight excluding hydrogens is 313 g/mol. The van der Waals surface area contributed by atoms with Crippen LogP contribution in [0.4, 0.5) is 10.5 Å². The van der Waals surface area contributed by atoms with Crippen LogP contribution in [-0.4, -0.2) is 24.6 Å². The van der Waals surface area contributed by atoms with E-state index in [2.05, 4.69) is 10.1 Å². The number of benzene rings is 1. The predicted molar refractivity (Wildman–Crippen MR) is 86.5 cm³/mol. The van der Waals surface area contributed by atoms with E-state index < -0.39 is 6.09 Å². The number of unbranched alkanes of at least 4 members (excludes halogenated alkanes) is 3. The van der Waals surface area contributed by atoms with Crippen LogP contribution >= 0.6 is 23.2 Å². The second kappa shape index (κ2) is 10.6. The van der Waals surface area contributed by atoms with Crippen LogP contribution in [0.5, 0.6) is 5.75 Å². The van der Waals surface area contributed by atoms with Gasteiger partial charge in [-0.25, -0.2) is 4.79 Å². The molecule has 118 valence electrons. The molecule has 0 aromatic heterocycles. The zero-order chi connectivity index (χ0) is 15.5. The van der Waals surface area contributed by atoms with Gasteiger partial charge in [-0.2, -0.15) is 0 Å². The van der Waals surface area contributed by atoms with Gasteiger partial charge in [0.1, 0.15) is 10.6 Å². The average molecular weight is 334 g/mol. The summed E-state index contributed by atoms with van der Waals surface area (Å²) < 4.78 is 10.1. The lowest BCUT2D eigenvalue weighted by Crippen LogP contribution is -2.10. The number of ether oxygens (including phenoxy) is 2. The van der Waals surface area contributed by atoms with Crippen molar-refractivity contribution in [3.63, 3.8) is 0 Å². The first-order valence-electron chi connectivity index (χ1n) is 6.98. The molecule has 4 nitrogen and oxygen atoms in total. The van der Waals surface area contributed by atoms with Gasteiger partial charge in [0.05, 0.1) is 13.7 Å². The number of methoxy groups -OCH3 is 1. The molecule has 0 radical (unpaired) electrons. The van der Waals surface area contributed by atoms with Gasteiger partial charge in [0.25, 0.3) is 0 Å². The van der Waals surface area contributed by atoms with E-state index in [4.69, 9.17) is 27.9 Å². The Morgan fingerprint density at radius 1 is 1.14 bits per heavy atom. The average Bonchev–Trinajstić information content (AvgIpc) is 2.47. The van der Waals surface area contributed by atoms with Crippen molar-refractivity contribution in [1.82, 2.24) is 0 Å². The molecule has 0 aliphatic heterocycles. The van der Waals surface area contributed by atoms with E-state index in [0.717, 1.165) is 37.9 Å². The standard InChI is InChI=1S/C15H21Cl2NO3/c1-20-15(19)18-12-7-9-13(10-8-12)21-11-5-3-2-4-6-14(16)17/h7-10,14H,2-6,11H2,1H3,(H,18,19). The Balaban J connectivity index is 2.14. The minimum absolute atomic E-state index is 0.252. The number of hydrogen-bond donors (Lipinski definition) is 1. The van der Waals surface area contributed by atoms with Crippen molar-refractivity contribution in [1.29, 1.82) is 0 Å². The summed E-state index contributed by atoms with van der Waals surface area (Å²) in [4.78, 5) is 10.8. The molecule has 1 N–H and O–H groups in total. The van der Waals surface area contributed by atoms with Gasteiger partial charge in [0.15, 0.2) is 0 Å². The molecule has 1 aromatic rings. The smallest absolute Gasteiger partial charge is 0.411 e. The van der Waals surface area contributed by atoms with Crippen LogP contribution in [0.15, 0.2) is 24.3 Å². The molecule has 0 heterocycles. The Labute approximate surface area is 135 Å². The Morgan fingerprint density at radius 3 is 2.43 bits per heavy atom. The third-order valence-electron chi connectivity index (χ3n) is 2.87. The highest BCUT2D eigenvalue weighted by Crippen LogP contribution is 2.17. The van der Waals surface area contributed by atoms with Crippen LogP contribution in [0.25, 0.3) is 0 Å². The molecule has 0 atom stereocenters. The van der Waals surface area contributed by atoms with E-state index in [9.17, 15) is 4.79 Å². The summed E-state index contributed by atoms with van der Waals surface area (Å²) in [5.74, 6) is 0.784. The van der Waals surface area contributed by atoms with E-state index in [0.29, 0.717) is 12.3 Å². The first-order valence-corrected chi connectivity index (χ1v) is 7.85. The van der Waals surface area contributed by atoms with Gasteiger partial charge in [0, 0.05) is 5.69 Å². The number of anilines is 1. The number of alkyl halides is 2. The predicted octanol–water partition coefficient (Wildman–Crippen LogP) is 5.00. The first-order chi connectivity index (χ1) is 10.1. The largest absolute Gasteiger partial charge is 0.494 e. The molecule has 0 saturated carbocycles. The van der Waals surface area contributed by atoms with Crippen molar-refractivity contribution in [3.05, 3.63) is 24.3 Å². The van der Waals surface area contributed by atoms with Gasteiger partial charge < -0.3 is 9.47 Å². The van der Waals surface area contributed by atoms with Gasteiger partial charge in [-0.05, 0) is 37.1 Å². The monoisotopic (exact) mass is 333 g/mol. The summed E-state index contributed by atoms with van der Waals surface area (Å²) in [5, 5.41) is 2.58. The molecule has 0 aliphatic carbocycles. The number of rotatable bonds is 9. The van der Waals surface area contributed by atoms with E-state index in [1.165, 1.54) is 7.11 Å². The maximum atomic E-state index is 11.0.